The van der Waals surface area contributed by atoms with E-state index in [0.29, 0.717) is 13.2 Å². The van der Waals surface area contributed by atoms with E-state index in [9.17, 15) is 5.11 Å². The number of benzene rings is 2. The van der Waals surface area contributed by atoms with Crippen molar-refractivity contribution in [3.63, 3.8) is 0 Å². The van der Waals surface area contributed by atoms with E-state index in [1.165, 1.54) is 5.56 Å². The van der Waals surface area contributed by atoms with Gasteiger partial charge in [0.05, 0.1) is 0 Å². The lowest BCUT2D eigenvalue weighted by Crippen LogP contribution is -2.38. The molecular weight excluding hydrogens is 360 g/mol. The largest absolute Gasteiger partial charge is 0.491 e. The number of hydrogen-bond acceptors (Lipinski definition) is 4. The van der Waals surface area contributed by atoms with E-state index in [2.05, 4.69) is 21.9 Å². The van der Waals surface area contributed by atoms with Crippen molar-refractivity contribution in [2.45, 2.75) is 26.0 Å². The summed E-state index contributed by atoms with van der Waals surface area (Å²) in [6.45, 7) is 8.02. The fraction of sp³-hybridized carbons (Fsp3) is 0.455. The van der Waals surface area contributed by atoms with Crippen LogP contribution in [0.15, 0.2) is 48.5 Å². The minimum absolute atomic E-state index is 0.329. The summed E-state index contributed by atoms with van der Waals surface area (Å²) in [4.78, 5) is 4.81. The molecule has 4 nitrogen and oxygen atoms in total. The fourth-order valence-electron chi connectivity index (χ4n) is 3.47. The number of halogens is 1. The molecule has 0 aromatic heterocycles. The average Bonchev–Trinajstić information content (AvgIpc) is 2.88. The zero-order chi connectivity index (χ0) is 19.1. The molecule has 146 valence electrons. The molecule has 2 aromatic carbocycles. The average molecular weight is 389 g/mol. The molecule has 3 rings (SSSR count). The normalized spacial score (nSPS) is 17.4. The van der Waals surface area contributed by atoms with Crippen LogP contribution in [0.2, 0.25) is 5.02 Å². The predicted molar refractivity (Wildman–Crippen MR) is 110 cm³/mol. The van der Waals surface area contributed by atoms with E-state index in [0.717, 1.165) is 55.5 Å². The number of aliphatic hydroxyl groups excluding tert-OH is 1. The Morgan fingerprint density at radius 1 is 1.00 bits per heavy atom. The maximum Gasteiger partial charge on any atom is 0.122 e. The Morgan fingerprint density at radius 3 is 2.48 bits per heavy atom. The van der Waals surface area contributed by atoms with Crippen LogP contribution in [0.25, 0.3) is 0 Å². The van der Waals surface area contributed by atoms with Crippen molar-refractivity contribution < 1.29 is 9.84 Å². The van der Waals surface area contributed by atoms with Gasteiger partial charge in [-0.1, -0.05) is 41.9 Å². The molecule has 1 atom stereocenters. The van der Waals surface area contributed by atoms with Gasteiger partial charge in [0.1, 0.15) is 18.5 Å². The number of β-amino-alcohol motifs (C(OH)–C–C–N with tert-alkyl or cyclic N) is 1. The highest BCUT2D eigenvalue weighted by molar-refractivity contribution is 6.30. The molecule has 0 radical (unpaired) electrons. The zero-order valence-corrected chi connectivity index (χ0v) is 16.7. The second kappa shape index (κ2) is 10.1. The Kier molecular flexibility index (Phi) is 7.53. The van der Waals surface area contributed by atoms with Crippen molar-refractivity contribution >= 4 is 11.6 Å². The van der Waals surface area contributed by atoms with Crippen LogP contribution in [0.3, 0.4) is 0 Å². The van der Waals surface area contributed by atoms with Gasteiger partial charge in [-0.05, 0) is 55.8 Å². The summed E-state index contributed by atoms with van der Waals surface area (Å²) in [6.07, 6.45) is 0.631. The van der Waals surface area contributed by atoms with Gasteiger partial charge in [0, 0.05) is 31.2 Å². The molecule has 1 N–H and O–H groups in total. The van der Waals surface area contributed by atoms with Crippen LogP contribution in [-0.2, 0) is 6.54 Å². The quantitative estimate of drug-likeness (QED) is 0.786. The van der Waals surface area contributed by atoms with Gasteiger partial charge in [0.2, 0.25) is 0 Å². The molecule has 0 amide bonds. The number of aryl methyl sites for hydroxylation is 1. The standard InChI is InChI=1S/C22H29ClN2O2/c1-18-5-2-3-6-22(18)27-17-21(26)16-25-12-4-11-24(13-14-25)15-19-7-9-20(23)10-8-19/h2-3,5-10,21,26H,4,11-17H2,1H3. The number of rotatable bonds is 7. The highest BCUT2D eigenvalue weighted by Crippen LogP contribution is 2.17. The first-order valence-corrected chi connectivity index (χ1v) is 10.0. The van der Waals surface area contributed by atoms with Crippen LogP contribution >= 0.6 is 11.6 Å². The molecule has 1 unspecified atom stereocenters. The Morgan fingerprint density at radius 2 is 1.70 bits per heavy atom. The fourth-order valence-corrected chi connectivity index (χ4v) is 3.59. The van der Waals surface area contributed by atoms with E-state index in [1.54, 1.807) is 0 Å². The summed E-state index contributed by atoms with van der Waals surface area (Å²) in [6, 6.07) is 16.0. The molecule has 2 aromatic rings. The molecule has 5 heteroatoms. The summed E-state index contributed by atoms with van der Waals surface area (Å²) in [7, 11) is 0. The van der Waals surface area contributed by atoms with Gasteiger partial charge < -0.3 is 9.84 Å². The third-order valence-corrected chi connectivity index (χ3v) is 5.25. The molecule has 0 aliphatic carbocycles. The van der Waals surface area contributed by atoms with Crippen LogP contribution in [-0.4, -0.2) is 60.3 Å². The van der Waals surface area contributed by atoms with Crippen LogP contribution in [0.5, 0.6) is 5.75 Å². The van der Waals surface area contributed by atoms with Gasteiger partial charge in [0.15, 0.2) is 0 Å². The van der Waals surface area contributed by atoms with E-state index >= 15 is 0 Å². The topological polar surface area (TPSA) is 35.9 Å². The molecule has 27 heavy (non-hydrogen) atoms. The van der Waals surface area contributed by atoms with Crippen molar-refractivity contribution in [3.05, 3.63) is 64.7 Å². The van der Waals surface area contributed by atoms with Gasteiger partial charge in [0.25, 0.3) is 0 Å². The molecule has 0 saturated carbocycles. The number of ether oxygens (including phenoxy) is 1. The third kappa shape index (κ3) is 6.51. The van der Waals surface area contributed by atoms with Gasteiger partial charge in [-0.25, -0.2) is 0 Å². The first kappa shape index (κ1) is 20.2. The lowest BCUT2D eigenvalue weighted by molar-refractivity contribution is 0.0690. The molecule has 1 fully saturated rings. The first-order valence-electron chi connectivity index (χ1n) is 9.66. The summed E-state index contributed by atoms with van der Waals surface area (Å²) in [5.74, 6) is 0.849. The van der Waals surface area contributed by atoms with Crippen LogP contribution in [0.4, 0.5) is 0 Å². The molecule has 1 heterocycles. The van der Waals surface area contributed by atoms with Gasteiger partial charge in [-0.15, -0.1) is 0 Å². The molecule has 0 spiro atoms. The number of aliphatic hydroxyl groups is 1. The lowest BCUT2D eigenvalue weighted by Gasteiger charge is -2.24. The molecule has 1 aliphatic rings. The van der Waals surface area contributed by atoms with E-state index in [4.69, 9.17) is 16.3 Å². The number of nitrogens with zero attached hydrogens (tertiary/aromatic N) is 2. The Bertz CT molecular complexity index is 708. The van der Waals surface area contributed by atoms with Crippen molar-refractivity contribution in [2.75, 3.05) is 39.3 Å². The summed E-state index contributed by atoms with van der Waals surface area (Å²) >= 11 is 5.97. The van der Waals surface area contributed by atoms with Crippen molar-refractivity contribution in [3.8, 4) is 5.75 Å². The first-order chi connectivity index (χ1) is 13.1. The highest BCUT2D eigenvalue weighted by Gasteiger charge is 2.18. The highest BCUT2D eigenvalue weighted by atomic mass is 35.5. The molecule has 1 aliphatic heterocycles. The number of hydrogen-bond donors (Lipinski definition) is 1. The maximum absolute atomic E-state index is 10.4. The Hall–Kier alpha value is -1.59. The van der Waals surface area contributed by atoms with E-state index < -0.39 is 6.10 Å². The molecular formula is C22H29ClN2O2. The minimum Gasteiger partial charge on any atom is -0.491 e. The van der Waals surface area contributed by atoms with Crippen LogP contribution in [0, 0.1) is 6.92 Å². The van der Waals surface area contributed by atoms with Crippen molar-refractivity contribution in [2.24, 2.45) is 0 Å². The summed E-state index contributed by atoms with van der Waals surface area (Å²) < 4.78 is 5.78. The van der Waals surface area contributed by atoms with Crippen LogP contribution < -0.4 is 4.74 Å². The van der Waals surface area contributed by atoms with Crippen molar-refractivity contribution in [1.29, 1.82) is 0 Å². The summed E-state index contributed by atoms with van der Waals surface area (Å²) in [5.41, 5.74) is 2.39. The van der Waals surface area contributed by atoms with Gasteiger partial charge in [-0.2, -0.15) is 0 Å². The van der Waals surface area contributed by atoms with Gasteiger partial charge in [-0.3, -0.25) is 9.80 Å². The maximum atomic E-state index is 10.4. The zero-order valence-electron chi connectivity index (χ0n) is 16.0. The SMILES string of the molecule is Cc1ccccc1OCC(O)CN1CCCN(Cc2ccc(Cl)cc2)CC1. The minimum atomic E-state index is -0.479. The monoisotopic (exact) mass is 388 g/mol. The van der Waals surface area contributed by atoms with Crippen LogP contribution in [0.1, 0.15) is 17.5 Å². The van der Waals surface area contributed by atoms with E-state index in [1.807, 2.05) is 43.3 Å². The second-order valence-electron chi connectivity index (χ2n) is 7.29. The smallest absolute Gasteiger partial charge is 0.122 e. The lowest BCUT2D eigenvalue weighted by atomic mass is 10.2. The molecule has 0 bridgehead atoms. The summed E-state index contributed by atoms with van der Waals surface area (Å²) in [5, 5.41) is 11.2. The third-order valence-electron chi connectivity index (χ3n) is 4.99. The van der Waals surface area contributed by atoms with E-state index in [-0.39, 0.29) is 0 Å². The van der Waals surface area contributed by atoms with Crippen molar-refractivity contribution in [1.82, 2.24) is 9.80 Å². The molecule has 1 saturated heterocycles. The Balaban J connectivity index is 1.42. The van der Waals surface area contributed by atoms with Gasteiger partial charge >= 0.3 is 0 Å². The Labute approximate surface area is 167 Å². The number of para-hydroxylation sites is 1. The predicted octanol–water partition coefficient (Wildman–Crippen LogP) is 3.60. The second-order valence-corrected chi connectivity index (χ2v) is 7.72.